The van der Waals surface area contributed by atoms with E-state index >= 15 is 0 Å². The number of rotatable bonds is 11. The number of nitrogens with one attached hydrogen (secondary N) is 2. The first-order valence-electron chi connectivity index (χ1n) is 14.2. The fraction of sp³-hybridized carbons (Fsp3) is 0.516. The third-order valence-electron chi connectivity index (χ3n) is 8.61. The van der Waals surface area contributed by atoms with E-state index in [0.717, 1.165) is 48.1 Å². The Kier molecular flexibility index (Phi) is 8.92. The van der Waals surface area contributed by atoms with E-state index in [2.05, 4.69) is 26.6 Å². The number of aliphatic hydroxyl groups excluding tert-OH is 1. The maximum absolute atomic E-state index is 14.2. The number of hydrogen-bond donors (Lipinski definition) is 3. The molecule has 5 rings (SSSR count). The highest BCUT2D eigenvalue weighted by Gasteiger charge is 2.75. The quantitative estimate of drug-likeness (QED) is 0.250. The van der Waals surface area contributed by atoms with Gasteiger partial charge in [-0.25, -0.2) is 0 Å². The van der Waals surface area contributed by atoms with Crippen molar-refractivity contribution in [3.8, 4) is 0 Å². The van der Waals surface area contributed by atoms with Crippen LogP contribution in [0.1, 0.15) is 48.8 Å². The Bertz CT molecular complexity index is 1260. The number of aryl methyl sites for hydroxylation is 2. The zero-order valence-corrected chi connectivity index (χ0v) is 25.5. The number of carbonyl (C=O) groups is 3. The minimum atomic E-state index is -0.669. The number of thioether (sulfide) groups is 1. The Labute approximate surface area is 249 Å². The summed E-state index contributed by atoms with van der Waals surface area (Å²) in [6.07, 6.45) is 3.87. The molecule has 6 atom stereocenters. The van der Waals surface area contributed by atoms with Crippen LogP contribution in [0.5, 0.6) is 0 Å². The molecule has 3 aliphatic rings. The molecule has 2 aromatic rings. The number of alkyl halides is 1. The van der Waals surface area contributed by atoms with Crippen molar-refractivity contribution in [3.05, 3.63) is 65.2 Å². The summed E-state index contributed by atoms with van der Waals surface area (Å²) in [6, 6.07) is 15.1. The van der Waals surface area contributed by atoms with E-state index in [1.54, 1.807) is 16.7 Å². The molecular formula is C31H38BrN3O4S. The lowest BCUT2D eigenvalue weighted by molar-refractivity contribution is -0.139. The standard InChI is InChI=1S/C31H38BrN3O4S/c1-19-12-13-20(2)23(16-19)34-29(38)27-31-17-22(32)26(40-31)24(28(37)33-18-21-10-6-5-7-11-21)25(31)30(39)35(27)14-8-3-4-9-15-36/h5-7,10-13,16,22,24-27,36H,3-4,8-9,14-15,17-18H2,1-2H3,(H,33,37)(H,34,38)/t22?,24-,25-,26-,27?,31?/m0/s1. The van der Waals surface area contributed by atoms with E-state index in [-0.39, 0.29) is 34.4 Å². The van der Waals surface area contributed by atoms with Crippen LogP contribution >= 0.6 is 27.7 Å². The van der Waals surface area contributed by atoms with Crippen LogP contribution < -0.4 is 10.6 Å². The van der Waals surface area contributed by atoms with Gasteiger partial charge in [-0.05, 0) is 55.9 Å². The van der Waals surface area contributed by atoms with Crippen LogP contribution in [0.3, 0.4) is 0 Å². The summed E-state index contributed by atoms with van der Waals surface area (Å²) >= 11 is 5.49. The number of unbranched alkanes of at least 4 members (excludes halogenated alkanes) is 3. The highest BCUT2D eigenvalue weighted by atomic mass is 79.9. The minimum absolute atomic E-state index is 0.0366. The molecule has 0 saturated carbocycles. The maximum atomic E-state index is 14.2. The monoisotopic (exact) mass is 627 g/mol. The first-order valence-corrected chi connectivity index (χ1v) is 16.0. The van der Waals surface area contributed by atoms with Crippen LogP contribution in [0.2, 0.25) is 0 Å². The number of amides is 3. The van der Waals surface area contributed by atoms with Gasteiger partial charge in [-0.3, -0.25) is 14.4 Å². The van der Waals surface area contributed by atoms with E-state index in [1.807, 2.05) is 62.4 Å². The van der Waals surface area contributed by atoms with Crippen molar-refractivity contribution in [3.63, 3.8) is 0 Å². The van der Waals surface area contributed by atoms with Gasteiger partial charge in [0.1, 0.15) is 6.04 Å². The number of hydrogen-bond acceptors (Lipinski definition) is 5. The largest absolute Gasteiger partial charge is 0.396 e. The van der Waals surface area contributed by atoms with Crippen molar-refractivity contribution in [2.24, 2.45) is 11.8 Å². The van der Waals surface area contributed by atoms with E-state index in [9.17, 15) is 14.4 Å². The molecular weight excluding hydrogens is 590 g/mol. The summed E-state index contributed by atoms with van der Waals surface area (Å²) < 4.78 is -0.669. The van der Waals surface area contributed by atoms with Crippen LogP contribution in [-0.2, 0) is 20.9 Å². The zero-order chi connectivity index (χ0) is 28.4. The third kappa shape index (κ3) is 5.44. The number of carbonyl (C=O) groups excluding carboxylic acids is 3. The van der Waals surface area contributed by atoms with Crippen molar-refractivity contribution >= 4 is 51.1 Å². The lowest BCUT2D eigenvalue weighted by atomic mass is 9.70. The number of fused-ring (bicyclic) bond motifs is 1. The summed E-state index contributed by atoms with van der Waals surface area (Å²) in [4.78, 5) is 43.8. The van der Waals surface area contributed by atoms with Crippen molar-refractivity contribution in [1.29, 1.82) is 0 Å². The van der Waals surface area contributed by atoms with Gasteiger partial charge in [0, 0.05) is 35.5 Å². The zero-order valence-electron chi connectivity index (χ0n) is 23.1. The highest BCUT2D eigenvalue weighted by Crippen LogP contribution is 2.67. The van der Waals surface area contributed by atoms with Gasteiger partial charge < -0.3 is 20.6 Å². The average Bonchev–Trinajstić information content (AvgIpc) is 3.53. The maximum Gasteiger partial charge on any atom is 0.248 e. The van der Waals surface area contributed by atoms with Gasteiger partial charge in [-0.2, -0.15) is 0 Å². The molecule has 3 heterocycles. The van der Waals surface area contributed by atoms with Crippen molar-refractivity contribution < 1.29 is 19.5 Å². The molecule has 9 heteroatoms. The van der Waals surface area contributed by atoms with Gasteiger partial charge in [0.2, 0.25) is 17.7 Å². The topological polar surface area (TPSA) is 98.7 Å². The van der Waals surface area contributed by atoms with E-state index in [1.165, 1.54) is 0 Å². The molecule has 3 saturated heterocycles. The molecule has 3 unspecified atom stereocenters. The second-order valence-electron chi connectivity index (χ2n) is 11.3. The lowest BCUT2D eigenvalue weighted by Gasteiger charge is -2.35. The number of halogens is 1. The van der Waals surface area contributed by atoms with Gasteiger partial charge in [0.05, 0.1) is 16.6 Å². The number of benzene rings is 2. The Morgan fingerprint density at radius 3 is 2.58 bits per heavy atom. The third-order valence-corrected chi connectivity index (χ3v) is 11.8. The van der Waals surface area contributed by atoms with Gasteiger partial charge in [-0.1, -0.05) is 71.2 Å². The molecule has 3 amide bonds. The Hall–Kier alpha value is -2.36. The Morgan fingerprint density at radius 1 is 1.07 bits per heavy atom. The molecule has 0 radical (unpaired) electrons. The first-order chi connectivity index (χ1) is 19.3. The fourth-order valence-corrected chi connectivity index (χ4v) is 10.3. The molecule has 1 spiro atoms. The second kappa shape index (κ2) is 12.2. The summed E-state index contributed by atoms with van der Waals surface area (Å²) in [7, 11) is 0. The first kappa shape index (κ1) is 29.1. The van der Waals surface area contributed by atoms with Gasteiger partial charge in [0.15, 0.2) is 0 Å². The summed E-state index contributed by atoms with van der Waals surface area (Å²) in [5.74, 6) is -1.44. The molecule has 40 heavy (non-hydrogen) atoms. The average molecular weight is 629 g/mol. The summed E-state index contributed by atoms with van der Waals surface area (Å²) in [6.45, 7) is 4.97. The molecule has 3 aliphatic heterocycles. The summed E-state index contributed by atoms with van der Waals surface area (Å²) in [5.41, 5.74) is 3.77. The predicted octanol–water partition coefficient (Wildman–Crippen LogP) is 4.58. The van der Waals surface area contributed by atoms with Gasteiger partial charge in [0.25, 0.3) is 0 Å². The molecule has 214 valence electrons. The molecule has 0 aromatic heterocycles. The lowest BCUT2D eigenvalue weighted by Crippen LogP contribution is -2.53. The van der Waals surface area contributed by atoms with E-state index < -0.39 is 22.6 Å². The van der Waals surface area contributed by atoms with Gasteiger partial charge in [-0.15, -0.1) is 11.8 Å². The van der Waals surface area contributed by atoms with Crippen LogP contribution in [0.25, 0.3) is 0 Å². The van der Waals surface area contributed by atoms with E-state index in [4.69, 9.17) is 5.11 Å². The minimum Gasteiger partial charge on any atom is -0.396 e. The molecule has 3 N–H and O–H groups in total. The molecule has 3 fully saturated rings. The normalized spacial score (nSPS) is 28.6. The SMILES string of the molecule is Cc1ccc(C)c(NC(=O)C2N(CCCCCCO)C(=O)[C@@H]3[C@H](C(=O)NCc4ccccc4)[C@H]4SC23CC4Br)c1. The van der Waals surface area contributed by atoms with Crippen LogP contribution in [-0.4, -0.2) is 61.7 Å². The van der Waals surface area contributed by atoms with Crippen molar-refractivity contribution in [2.45, 2.75) is 73.4 Å². The summed E-state index contributed by atoms with van der Waals surface area (Å²) in [5, 5.41) is 15.3. The number of nitrogens with zero attached hydrogens (tertiary/aromatic N) is 1. The predicted molar refractivity (Wildman–Crippen MR) is 162 cm³/mol. The van der Waals surface area contributed by atoms with Crippen molar-refractivity contribution in [1.82, 2.24) is 10.2 Å². The molecule has 2 bridgehead atoms. The highest BCUT2D eigenvalue weighted by molar-refractivity contribution is 9.09. The second-order valence-corrected chi connectivity index (χ2v) is 14.1. The number of aliphatic hydroxyl groups is 1. The van der Waals surface area contributed by atoms with Crippen LogP contribution in [0.15, 0.2) is 48.5 Å². The van der Waals surface area contributed by atoms with Crippen molar-refractivity contribution in [2.75, 3.05) is 18.5 Å². The number of likely N-dealkylation sites (tertiary alicyclic amines) is 1. The molecule has 0 aliphatic carbocycles. The Morgan fingerprint density at radius 2 is 1.82 bits per heavy atom. The smallest absolute Gasteiger partial charge is 0.248 e. The Balaban J connectivity index is 1.43. The van der Waals surface area contributed by atoms with Gasteiger partial charge >= 0.3 is 0 Å². The number of anilines is 1. The molecule has 7 nitrogen and oxygen atoms in total. The van der Waals surface area contributed by atoms with Crippen LogP contribution in [0, 0.1) is 25.7 Å². The van der Waals surface area contributed by atoms with Crippen LogP contribution in [0.4, 0.5) is 5.69 Å². The fourth-order valence-electron chi connectivity index (χ4n) is 6.69. The molecule has 2 aromatic carbocycles. The van der Waals surface area contributed by atoms with E-state index in [0.29, 0.717) is 19.5 Å².